The van der Waals surface area contributed by atoms with Gasteiger partial charge in [0.05, 0.1) is 6.04 Å². The number of alkyl halides is 2. The fourth-order valence-corrected chi connectivity index (χ4v) is 4.59. The third-order valence-electron chi connectivity index (χ3n) is 6.62. The molecule has 1 unspecified atom stereocenters. The second kappa shape index (κ2) is 10.8. The first-order valence-electron chi connectivity index (χ1n) is 12.4. The first-order valence-corrected chi connectivity index (χ1v) is 12.4. The lowest BCUT2D eigenvalue weighted by atomic mass is 10.1. The van der Waals surface area contributed by atoms with Crippen molar-refractivity contribution in [3.8, 4) is 5.88 Å². The number of carbonyl (C=O) groups is 3. The number of hydrogen-bond donors (Lipinski definition) is 1. The molecule has 4 rings (SSSR count). The summed E-state index contributed by atoms with van der Waals surface area (Å²) in [5.41, 5.74) is 2.47. The molecule has 2 aromatic heterocycles. The van der Waals surface area contributed by atoms with E-state index in [1.807, 2.05) is 6.92 Å². The van der Waals surface area contributed by atoms with E-state index in [2.05, 4.69) is 15.3 Å². The molecule has 11 heteroatoms. The highest BCUT2D eigenvalue weighted by molar-refractivity contribution is 6.03. The van der Waals surface area contributed by atoms with E-state index in [0.717, 1.165) is 19.9 Å². The van der Waals surface area contributed by atoms with E-state index in [9.17, 15) is 23.2 Å². The summed E-state index contributed by atoms with van der Waals surface area (Å²) in [6.45, 7) is 5.50. The van der Waals surface area contributed by atoms with Crippen LogP contribution in [0.1, 0.15) is 76.7 Å². The number of carbonyl (C=O) groups excluding carboxylic acids is 3. The molecule has 0 saturated carbocycles. The number of hydrogen-bond acceptors (Lipinski definition) is 6. The SMILES string of the molecule is Cc1cc(C(C)N2Cc3c(ccnc3C(=O)NCCCN3CCCC3=O)C2=O)cnc1OCC(C)(F)F. The molecule has 3 amide bonds. The summed E-state index contributed by atoms with van der Waals surface area (Å²) in [7, 11) is 0. The van der Waals surface area contributed by atoms with E-state index in [4.69, 9.17) is 4.74 Å². The maximum Gasteiger partial charge on any atom is 0.278 e. The fourth-order valence-electron chi connectivity index (χ4n) is 4.59. The van der Waals surface area contributed by atoms with Gasteiger partial charge in [0.25, 0.3) is 17.7 Å². The number of nitrogens with one attached hydrogen (secondary N) is 1. The summed E-state index contributed by atoms with van der Waals surface area (Å²) in [6, 6.07) is 2.97. The first-order chi connectivity index (χ1) is 17.5. The van der Waals surface area contributed by atoms with Crippen molar-refractivity contribution in [2.75, 3.05) is 26.2 Å². The van der Waals surface area contributed by atoms with E-state index in [-0.39, 0.29) is 41.9 Å². The van der Waals surface area contributed by atoms with Crippen molar-refractivity contribution in [1.82, 2.24) is 25.1 Å². The van der Waals surface area contributed by atoms with Crippen LogP contribution in [0.5, 0.6) is 5.88 Å². The second-order valence-corrected chi connectivity index (χ2v) is 9.64. The summed E-state index contributed by atoms with van der Waals surface area (Å²) < 4.78 is 31.4. The van der Waals surface area contributed by atoms with Gasteiger partial charge < -0.3 is 19.9 Å². The van der Waals surface area contributed by atoms with E-state index >= 15 is 0 Å². The van der Waals surface area contributed by atoms with Gasteiger partial charge in [0.2, 0.25) is 11.8 Å². The van der Waals surface area contributed by atoms with E-state index in [1.54, 1.807) is 28.9 Å². The number of rotatable bonds is 10. The Bertz CT molecular complexity index is 1200. The number of aryl methyl sites for hydroxylation is 1. The molecular formula is C26H31F2N5O4. The Morgan fingerprint density at radius 3 is 2.76 bits per heavy atom. The van der Waals surface area contributed by atoms with Crippen LogP contribution >= 0.6 is 0 Å². The van der Waals surface area contributed by atoms with Crippen molar-refractivity contribution in [2.45, 2.75) is 58.5 Å². The van der Waals surface area contributed by atoms with Gasteiger partial charge in [-0.25, -0.2) is 13.8 Å². The number of pyridine rings is 2. The number of likely N-dealkylation sites (tertiary alicyclic amines) is 1. The zero-order chi connectivity index (χ0) is 26.7. The van der Waals surface area contributed by atoms with Gasteiger partial charge in [0, 0.05) is 68.6 Å². The monoisotopic (exact) mass is 515 g/mol. The molecule has 2 aliphatic heterocycles. The summed E-state index contributed by atoms with van der Waals surface area (Å²) >= 11 is 0. The summed E-state index contributed by atoms with van der Waals surface area (Å²) in [5.74, 6) is -3.30. The van der Waals surface area contributed by atoms with Gasteiger partial charge in [-0.15, -0.1) is 0 Å². The van der Waals surface area contributed by atoms with Gasteiger partial charge in [0.15, 0.2) is 6.61 Å². The lowest BCUT2D eigenvalue weighted by Crippen LogP contribution is -2.31. The normalized spacial score (nSPS) is 16.2. The maximum atomic E-state index is 13.2. The van der Waals surface area contributed by atoms with Gasteiger partial charge in [-0.3, -0.25) is 19.4 Å². The highest BCUT2D eigenvalue weighted by atomic mass is 19.3. The Morgan fingerprint density at radius 2 is 2.08 bits per heavy atom. The molecular weight excluding hydrogens is 484 g/mol. The van der Waals surface area contributed by atoms with Crippen LogP contribution in [-0.4, -0.2) is 69.7 Å². The number of nitrogens with zero attached hydrogens (tertiary/aromatic N) is 4. The molecule has 1 fully saturated rings. The van der Waals surface area contributed by atoms with Crippen LogP contribution in [0.3, 0.4) is 0 Å². The zero-order valence-corrected chi connectivity index (χ0v) is 21.2. The Hall–Kier alpha value is -3.63. The standard InChI is InChI=1S/C26H31F2N5O4/c1-16-12-18(13-31-24(16)37-15-26(3,27)28)17(2)33-14-20-19(25(33)36)7-9-29-22(20)23(35)30-8-5-11-32-10-4-6-21(32)34/h7,9,12-13,17H,4-6,8,10-11,14-15H2,1-3H3,(H,30,35). The lowest BCUT2D eigenvalue weighted by Gasteiger charge is -2.25. The number of aromatic nitrogens is 2. The maximum absolute atomic E-state index is 13.2. The quantitative estimate of drug-likeness (QED) is 0.487. The smallest absolute Gasteiger partial charge is 0.278 e. The number of fused-ring (bicyclic) bond motifs is 1. The molecule has 0 aromatic carbocycles. The average Bonchev–Trinajstić information content (AvgIpc) is 3.42. The predicted molar refractivity (Wildman–Crippen MR) is 130 cm³/mol. The Labute approximate surface area is 214 Å². The fraction of sp³-hybridized carbons (Fsp3) is 0.500. The van der Waals surface area contributed by atoms with Crippen molar-refractivity contribution in [3.05, 3.63) is 52.5 Å². The third-order valence-corrected chi connectivity index (χ3v) is 6.62. The number of ether oxygens (including phenoxy) is 1. The van der Waals surface area contributed by atoms with E-state index in [0.29, 0.717) is 48.2 Å². The highest BCUT2D eigenvalue weighted by Crippen LogP contribution is 2.33. The van der Waals surface area contributed by atoms with Crippen LogP contribution in [0.2, 0.25) is 0 Å². The number of amides is 3. The molecule has 0 spiro atoms. The van der Waals surface area contributed by atoms with Crippen molar-refractivity contribution in [1.29, 1.82) is 0 Å². The largest absolute Gasteiger partial charge is 0.471 e. The Kier molecular flexibility index (Phi) is 7.70. The molecule has 4 heterocycles. The summed E-state index contributed by atoms with van der Waals surface area (Å²) in [5, 5.41) is 2.85. The topological polar surface area (TPSA) is 105 Å². The molecule has 198 valence electrons. The van der Waals surface area contributed by atoms with E-state index in [1.165, 1.54) is 12.4 Å². The van der Waals surface area contributed by atoms with Gasteiger partial charge in [-0.05, 0) is 44.4 Å². The van der Waals surface area contributed by atoms with Crippen molar-refractivity contribution in [3.63, 3.8) is 0 Å². The summed E-state index contributed by atoms with van der Waals surface area (Å²) in [6.07, 6.45) is 5.05. The molecule has 2 aliphatic rings. The molecule has 1 saturated heterocycles. The zero-order valence-electron chi connectivity index (χ0n) is 21.2. The van der Waals surface area contributed by atoms with Gasteiger partial charge in [0.1, 0.15) is 5.69 Å². The van der Waals surface area contributed by atoms with Gasteiger partial charge in [-0.2, -0.15) is 0 Å². The molecule has 1 N–H and O–H groups in total. The summed E-state index contributed by atoms with van der Waals surface area (Å²) in [4.78, 5) is 49.6. The molecule has 1 atom stereocenters. The molecule has 0 aliphatic carbocycles. The number of halogens is 2. The van der Waals surface area contributed by atoms with Crippen LogP contribution in [0.25, 0.3) is 0 Å². The molecule has 0 radical (unpaired) electrons. The Balaban J connectivity index is 1.40. The minimum Gasteiger partial charge on any atom is -0.471 e. The minimum atomic E-state index is -2.97. The van der Waals surface area contributed by atoms with Crippen LogP contribution in [-0.2, 0) is 11.3 Å². The molecule has 37 heavy (non-hydrogen) atoms. The minimum absolute atomic E-state index is 0.116. The lowest BCUT2D eigenvalue weighted by molar-refractivity contribution is -0.127. The van der Waals surface area contributed by atoms with Crippen LogP contribution in [0.4, 0.5) is 8.78 Å². The predicted octanol–water partition coefficient (Wildman–Crippen LogP) is 3.28. The highest BCUT2D eigenvalue weighted by Gasteiger charge is 2.35. The van der Waals surface area contributed by atoms with Crippen LogP contribution in [0, 0.1) is 6.92 Å². The Morgan fingerprint density at radius 1 is 1.30 bits per heavy atom. The molecule has 0 bridgehead atoms. The van der Waals surface area contributed by atoms with Crippen molar-refractivity contribution < 1.29 is 27.9 Å². The first kappa shape index (κ1) is 26.4. The van der Waals surface area contributed by atoms with Crippen molar-refractivity contribution >= 4 is 17.7 Å². The second-order valence-electron chi connectivity index (χ2n) is 9.64. The molecule has 9 nitrogen and oxygen atoms in total. The van der Waals surface area contributed by atoms with Crippen LogP contribution in [0.15, 0.2) is 24.5 Å². The van der Waals surface area contributed by atoms with Crippen LogP contribution < -0.4 is 10.1 Å². The third kappa shape index (κ3) is 6.03. The van der Waals surface area contributed by atoms with Gasteiger partial charge >= 0.3 is 0 Å². The van der Waals surface area contributed by atoms with Crippen molar-refractivity contribution in [2.24, 2.45) is 0 Å². The van der Waals surface area contributed by atoms with Gasteiger partial charge in [-0.1, -0.05) is 0 Å². The average molecular weight is 516 g/mol. The van der Waals surface area contributed by atoms with E-state index < -0.39 is 12.5 Å². The molecule has 2 aromatic rings.